The van der Waals surface area contributed by atoms with Gasteiger partial charge in [0.2, 0.25) is 5.91 Å². The number of thioether (sulfide) groups is 1. The van der Waals surface area contributed by atoms with Gasteiger partial charge in [0.25, 0.3) is 0 Å². The summed E-state index contributed by atoms with van der Waals surface area (Å²) in [6.07, 6.45) is 0. The highest BCUT2D eigenvalue weighted by Crippen LogP contribution is 2.23. The molecule has 1 amide bonds. The van der Waals surface area contributed by atoms with E-state index >= 15 is 0 Å². The number of amides is 1. The molecule has 0 bridgehead atoms. The van der Waals surface area contributed by atoms with E-state index in [1.54, 1.807) is 12.1 Å². The van der Waals surface area contributed by atoms with E-state index in [0.29, 0.717) is 0 Å². The molecule has 0 radical (unpaired) electrons. The van der Waals surface area contributed by atoms with E-state index in [1.807, 2.05) is 12.3 Å². The van der Waals surface area contributed by atoms with Gasteiger partial charge in [0.15, 0.2) is 0 Å². The number of carbonyl (C=O) groups excluding carboxylic acids is 1. The first-order valence-corrected chi connectivity index (χ1v) is 5.49. The van der Waals surface area contributed by atoms with E-state index in [9.17, 15) is 9.59 Å². The fraction of sp³-hybridized carbons (Fsp3) is 0.200. The molecule has 6 heteroatoms. The van der Waals surface area contributed by atoms with Crippen LogP contribution in [0.15, 0.2) is 23.1 Å². The van der Waals surface area contributed by atoms with Crippen LogP contribution in [0.2, 0.25) is 0 Å². The standard InChI is InChI=1S/C10H12N2O3S/c1-6-2-3-7(10(14)15)4-8(6)16-5-9(13)12-11/h2-4H,5,11H2,1H3,(H,12,13)(H,14,15). The maximum Gasteiger partial charge on any atom is 0.335 e. The van der Waals surface area contributed by atoms with Gasteiger partial charge in [-0.05, 0) is 24.6 Å². The van der Waals surface area contributed by atoms with Gasteiger partial charge in [0.05, 0.1) is 11.3 Å². The van der Waals surface area contributed by atoms with Crippen molar-refractivity contribution in [2.24, 2.45) is 5.84 Å². The van der Waals surface area contributed by atoms with Gasteiger partial charge in [-0.15, -0.1) is 11.8 Å². The topological polar surface area (TPSA) is 92.4 Å². The van der Waals surface area contributed by atoms with Gasteiger partial charge in [-0.3, -0.25) is 10.2 Å². The Labute approximate surface area is 97.0 Å². The van der Waals surface area contributed by atoms with E-state index < -0.39 is 5.97 Å². The van der Waals surface area contributed by atoms with E-state index in [4.69, 9.17) is 10.9 Å². The fourth-order valence-electron chi connectivity index (χ4n) is 1.07. The normalized spacial score (nSPS) is 9.88. The zero-order valence-electron chi connectivity index (χ0n) is 8.69. The van der Waals surface area contributed by atoms with Crippen molar-refractivity contribution in [1.82, 2.24) is 5.43 Å². The number of hydrazine groups is 1. The third kappa shape index (κ3) is 3.25. The summed E-state index contributed by atoms with van der Waals surface area (Å²) in [5, 5.41) is 8.82. The summed E-state index contributed by atoms with van der Waals surface area (Å²) in [6.45, 7) is 1.86. The Morgan fingerprint density at radius 3 is 2.75 bits per heavy atom. The smallest absolute Gasteiger partial charge is 0.335 e. The molecule has 0 unspecified atom stereocenters. The molecule has 0 aromatic heterocycles. The van der Waals surface area contributed by atoms with Gasteiger partial charge in [-0.2, -0.15) is 0 Å². The molecule has 0 saturated heterocycles. The molecule has 1 rings (SSSR count). The van der Waals surface area contributed by atoms with Crippen LogP contribution in [0.3, 0.4) is 0 Å². The van der Waals surface area contributed by atoms with Crippen molar-refractivity contribution in [2.45, 2.75) is 11.8 Å². The van der Waals surface area contributed by atoms with Crippen molar-refractivity contribution in [3.8, 4) is 0 Å². The van der Waals surface area contributed by atoms with Crippen molar-refractivity contribution in [3.63, 3.8) is 0 Å². The summed E-state index contributed by atoms with van der Waals surface area (Å²) < 4.78 is 0. The summed E-state index contributed by atoms with van der Waals surface area (Å²) in [6, 6.07) is 4.79. The van der Waals surface area contributed by atoms with Crippen LogP contribution in [-0.2, 0) is 4.79 Å². The van der Waals surface area contributed by atoms with Crippen molar-refractivity contribution in [2.75, 3.05) is 5.75 Å². The van der Waals surface area contributed by atoms with E-state index in [-0.39, 0.29) is 17.2 Å². The third-order valence-electron chi connectivity index (χ3n) is 1.95. The van der Waals surface area contributed by atoms with Crippen LogP contribution in [0.4, 0.5) is 0 Å². The minimum absolute atomic E-state index is 0.167. The molecule has 1 aromatic carbocycles. The molecule has 0 saturated carbocycles. The van der Waals surface area contributed by atoms with Gasteiger partial charge >= 0.3 is 5.97 Å². The molecule has 0 fully saturated rings. The van der Waals surface area contributed by atoms with E-state index in [2.05, 4.69) is 0 Å². The zero-order valence-corrected chi connectivity index (χ0v) is 9.50. The Morgan fingerprint density at radius 1 is 1.50 bits per heavy atom. The number of aryl methyl sites for hydroxylation is 1. The first-order chi connectivity index (χ1) is 7.54. The largest absolute Gasteiger partial charge is 0.478 e. The van der Waals surface area contributed by atoms with Crippen LogP contribution >= 0.6 is 11.8 Å². The second kappa shape index (κ2) is 5.53. The molecule has 86 valence electrons. The Hall–Kier alpha value is -1.53. The van der Waals surface area contributed by atoms with Crippen molar-refractivity contribution < 1.29 is 14.7 Å². The summed E-state index contributed by atoms with van der Waals surface area (Å²) >= 11 is 1.26. The van der Waals surface area contributed by atoms with Crippen LogP contribution in [0.1, 0.15) is 15.9 Å². The van der Waals surface area contributed by atoms with Crippen LogP contribution in [0, 0.1) is 6.92 Å². The number of nitrogens with two attached hydrogens (primary N) is 1. The van der Waals surface area contributed by atoms with Crippen LogP contribution in [0.25, 0.3) is 0 Å². The van der Waals surface area contributed by atoms with Gasteiger partial charge < -0.3 is 5.11 Å². The minimum atomic E-state index is -0.981. The number of nitrogens with one attached hydrogen (secondary N) is 1. The van der Waals surface area contributed by atoms with Crippen molar-refractivity contribution in [1.29, 1.82) is 0 Å². The monoisotopic (exact) mass is 240 g/mol. The van der Waals surface area contributed by atoms with Crippen LogP contribution in [0.5, 0.6) is 0 Å². The number of carboxylic acid groups (broad SMARTS) is 1. The summed E-state index contributed by atoms with van der Waals surface area (Å²) in [5.41, 5.74) is 3.16. The molecule has 0 aliphatic rings. The Bertz CT molecular complexity index is 421. The predicted octanol–water partition coefficient (Wildman–Crippen LogP) is 0.775. The molecule has 16 heavy (non-hydrogen) atoms. The van der Waals surface area contributed by atoms with Crippen LogP contribution in [-0.4, -0.2) is 22.7 Å². The first kappa shape index (κ1) is 12.5. The maximum atomic E-state index is 10.9. The molecule has 0 spiro atoms. The number of benzene rings is 1. The van der Waals surface area contributed by atoms with Gasteiger partial charge in [-0.25, -0.2) is 10.6 Å². The summed E-state index contributed by atoms with van der Waals surface area (Å²) in [5.74, 6) is 3.83. The number of hydrogen-bond acceptors (Lipinski definition) is 4. The fourth-order valence-corrected chi connectivity index (χ4v) is 1.95. The average molecular weight is 240 g/mol. The third-order valence-corrected chi connectivity index (χ3v) is 3.11. The lowest BCUT2D eigenvalue weighted by atomic mass is 10.1. The Kier molecular flexibility index (Phi) is 4.33. The zero-order chi connectivity index (χ0) is 12.1. The van der Waals surface area contributed by atoms with Gasteiger partial charge in [0, 0.05) is 4.90 Å². The first-order valence-electron chi connectivity index (χ1n) is 4.50. The quantitative estimate of drug-likeness (QED) is 0.313. The highest BCUT2D eigenvalue weighted by molar-refractivity contribution is 8.00. The Balaban J connectivity index is 2.82. The molecule has 1 aromatic rings. The summed E-state index contributed by atoms with van der Waals surface area (Å²) in [4.78, 5) is 22.5. The van der Waals surface area contributed by atoms with Crippen LogP contribution < -0.4 is 11.3 Å². The second-order valence-corrected chi connectivity index (χ2v) is 4.16. The Morgan fingerprint density at radius 2 is 2.19 bits per heavy atom. The van der Waals surface area contributed by atoms with E-state index in [0.717, 1.165) is 10.5 Å². The number of carbonyl (C=O) groups is 2. The molecule has 0 heterocycles. The summed E-state index contributed by atoms with van der Waals surface area (Å²) in [7, 11) is 0. The van der Waals surface area contributed by atoms with Gasteiger partial charge in [0.1, 0.15) is 0 Å². The highest BCUT2D eigenvalue weighted by atomic mass is 32.2. The lowest BCUT2D eigenvalue weighted by Gasteiger charge is -2.06. The number of aromatic carboxylic acids is 1. The molecule has 0 atom stereocenters. The second-order valence-electron chi connectivity index (χ2n) is 3.14. The molecule has 0 aliphatic heterocycles. The molecule has 5 nitrogen and oxygen atoms in total. The molecular formula is C10H12N2O3S. The maximum absolute atomic E-state index is 10.9. The van der Waals surface area contributed by atoms with Crippen molar-refractivity contribution >= 4 is 23.6 Å². The van der Waals surface area contributed by atoms with Gasteiger partial charge in [-0.1, -0.05) is 6.07 Å². The molecule has 0 aliphatic carbocycles. The lowest BCUT2D eigenvalue weighted by molar-refractivity contribution is -0.118. The lowest BCUT2D eigenvalue weighted by Crippen LogP contribution is -2.31. The number of hydrogen-bond donors (Lipinski definition) is 3. The average Bonchev–Trinajstić information content (AvgIpc) is 2.27. The number of rotatable bonds is 4. The molecular weight excluding hydrogens is 228 g/mol. The minimum Gasteiger partial charge on any atom is -0.478 e. The molecule has 4 N–H and O–H groups in total. The SMILES string of the molecule is Cc1ccc(C(=O)O)cc1SCC(=O)NN. The van der Waals surface area contributed by atoms with Crippen molar-refractivity contribution in [3.05, 3.63) is 29.3 Å². The van der Waals surface area contributed by atoms with E-state index in [1.165, 1.54) is 17.8 Å². The highest BCUT2D eigenvalue weighted by Gasteiger charge is 2.08. The number of carboxylic acids is 1. The predicted molar refractivity (Wildman–Crippen MR) is 61.2 cm³/mol.